The van der Waals surface area contributed by atoms with Crippen LogP contribution in [0.3, 0.4) is 0 Å². The Morgan fingerprint density at radius 1 is 1.26 bits per heavy atom. The van der Waals surface area contributed by atoms with Crippen LogP contribution in [-0.4, -0.2) is 30.5 Å². The van der Waals surface area contributed by atoms with Gasteiger partial charge in [0, 0.05) is 19.2 Å². The van der Waals surface area contributed by atoms with Crippen LogP contribution in [-0.2, 0) is 16.0 Å². The molecule has 2 amide bonds. The standard InChI is InChI=1S/C14H20N2O3/c1-14(2,13(19)15-3)9-16-12(18)8-10-6-4-5-7-11(10)17/h4-7,17H,8-9H2,1-3H3,(H,15,19)(H,16,18). The van der Waals surface area contributed by atoms with Gasteiger partial charge in [0.05, 0.1) is 11.8 Å². The van der Waals surface area contributed by atoms with Crippen molar-refractivity contribution in [2.45, 2.75) is 20.3 Å². The molecule has 0 saturated carbocycles. The molecule has 0 bridgehead atoms. The maximum Gasteiger partial charge on any atom is 0.227 e. The molecule has 19 heavy (non-hydrogen) atoms. The molecule has 5 nitrogen and oxygen atoms in total. The SMILES string of the molecule is CNC(=O)C(C)(C)CNC(=O)Cc1ccccc1O. The van der Waals surface area contributed by atoms with Gasteiger partial charge in [-0.3, -0.25) is 9.59 Å². The first-order chi connectivity index (χ1) is 8.86. The van der Waals surface area contributed by atoms with Gasteiger partial charge in [-0.1, -0.05) is 18.2 Å². The van der Waals surface area contributed by atoms with Gasteiger partial charge >= 0.3 is 0 Å². The Hall–Kier alpha value is -2.04. The molecule has 104 valence electrons. The summed E-state index contributed by atoms with van der Waals surface area (Å²) in [4.78, 5) is 23.3. The number of benzene rings is 1. The third-order valence-electron chi connectivity index (χ3n) is 2.91. The molecule has 3 N–H and O–H groups in total. The number of phenolic OH excluding ortho intramolecular Hbond substituents is 1. The average Bonchev–Trinajstić information content (AvgIpc) is 2.38. The minimum atomic E-state index is -0.664. The third kappa shape index (κ3) is 4.28. The van der Waals surface area contributed by atoms with E-state index in [1.807, 2.05) is 0 Å². The zero-order valence-electron chi connectivity index (χ0n) is 11.5. The van der Waals surface area contributed by atoms with Crippen molar-refractivity contribution in [2.75, 3.05) is 13.6 Å². The van der Waals surface area contributed by atoms with Crippen molar-refractivity contribution < 1.29 is 14.7 Å². The van der Waals surface area contributed by atoms with Crippen LogP contribution in [0.2, 0.25) is 0 Å². The fourth-order valence-corrected chi connectivity index (χ4v) is 1.63. The Labute approximate surface area is 113 Å². The van der Waals surface area contributed by atoms with Gasteiger partial charge in [0.2, 0.25) is 11.8 Å². The molecule has 0 unspecified atom stereocenters. The summed E-state index contributed by atoms with van der Waals surface area (Å²) >= 11 is 0. The highest BCUT2D eigenvalue weighted by Crippen LogP contribution is 2.17. The molecule has 0 spiro atoms. The number of rotatable bonds is 5. The van der Waals surface area contributed by atoms with Crippen LogP contribution in [0.15, 0.2) is 24.3 Å². The molecule has 0 heterocycles. The van der Waals surface area contributed by atoms with Crippen molar-refractivity contribution in [2.24, 2.45) is 5.41 Å². The van der Waals surface area contributed by atoms with Crippen LogP contribution in [0.4, 0.5) is 0 Å². The summed E-state index contributed by atoms with van der Waals surface area (Å²) in [5, 5.41) is 14.8. The zero-order chi connectivity index (χ0) is 14.5. The molecule has 5 heteroatoms. The first kappa shape index (κ1) is 15.0. The number of nitrogens with one attached hydrogen (secondary N) is 2. The second-order valence-corrected chi connectivity index (χ2v) is 5.05. The van der Waals surface area contributed by atoms with E-state index in [-0.39, 0.29) is 30.5 Å². The normalized spacial score (nSPS) is 10.9. The van der Waals surface area contributed by atoms with Crippen LogP contribution in [0.5, 0.6) is 5.75 Å². The van der Waals surface area contributed by atoms with Crippen LogP contribution >= 0.6 is 0 Å². The number of aromatic hydroxyl groups is 1. The van der Waals surface area contributed by atoms with Crippen LogP contribution in [0.1, 0.15) is 19.4 Å². The highest BCUT2D eigenvalue weighted by Gasteiger charge is 2.27. The molecule has 1 rings (SSSR count). The van der Waals surface area contributed by atoms with Crippen molar-refractivity contribution in [1.29, 1.82) is 0 Å². The van der Waals surface area contributed by atoms with E-state index >= 15 is 0 Å². The minimum absolute atomic E-state index is 0.0937. The second-order valence-electron chi connectivity index (χ2n) is 5.05. The Morgan fingerprint density at radius 3 is 2.47 bits per heavy atom. The van der Waals surface area contributed by atoms with Gasteiger partial charge in [-0.05, 0) is 19.9 Å². The molecule has 1 aromatic carbocycles. The average molecular weight is 264 g/mol. The van der Waals surface area contributed by atoms with E-state index in [1.165, 1.54) is 6.07 Å². The van der Waals surface area contributed by atoms with Gasteiger partial charge in [0.1, 0.15) is 5.75 Å². The van der Waals surface area contributed by atoms with Crippen molar-refractivity contribution in [1.82, 2.24) is 10.6 Å². The van der Waals surface area contributed by atoms with Gasteiger partial charge in [0.25, 0.3) is 0 Å². The number of amides is 2. The van der Waals surface area contributed by atoms with Gasteiger partial charge < -0.3 is 15.7 Å². The predicted octanol–water partition coefficient (Wildman–Crippen LogP) is 0.823. The van der Waals surface area contributed by atoms with Crippen molar-refractivity contribution in [3.05, 3.63) is 29.8 Å². The van der Waals surface area contributed by atoms with Crippen molar-refractivity contribution >= 4 is 11.8 Å². The zero-order valence-corrected chi connectivity index (χ0v) is 11.5. The molecular formula is C14H20N2O3. The number of para-hydroxylation sites is 1. The molecule has 0 atom stereocenters. The van der Waals surface area contributed by atoms with Crippen LogP contribution < -0.4 is 10.6 Å². The lowest BCUT2D eigenvalue weighted by atomic mass is 9.92. The number of phenols is 1. The summed E-state index contributed by atoms with van der Waals surface area (Å²) in [6.45, 7) is 3.76. The van der Waals surface area contributed by atoms with Crippen molar-refractivity contribution in [3.63, 3.8) is 0 Å². The van der Waals surface area contributed by atoms with E-state index < -0.39 is 5.41 Å². The second kappa shape index (κ2) is 6.22. The molecule has 0 aromatic heterocycles. The maximum atomic E-state index is 11.8. The highest BCUT2D eigenvalue weighted by atomic mass is 16.3. The molecule has 0 aliphatic carbocycles. The van der Waals surface area contributed by atoms with E-state index in [4.69, 9.17) is 0 Å². The predicted molar refractivity (Wildman–Crippen MR) is 72.7 cm³/mol. The Morgan fingerprint density at radius 2 is 1.89 bits per heavy atom. The molecule has 1 aromatic rings. The number of hydrogen-bond donors (Lipinski definition) is 3. The molecule has 0 fully saturated rings. The van der Waals surface area contributed by atoms with E-state index in [9.17, 15) is 14.7 Å². The van der Waals surface area contributed by atoms with E-state index in [1.54, 1.807) is 39.1 Å². The summed E-state index contributed by atoms with van der Waals surface area (Å²) in [7, 11) is 1.56. The van der Waals surface area contributed by atoms with E-state index in [0.717, 1.165) is 0 Å². The van der Waals surface area contributed by atoms with E-state index in [2.05, 4.69) is 10.6 Å². The summed E-state index contributed by atoms with van der Waals surface area (Å²) in [5.41, 5.74) is -0.0962. The Kier molecular flexibility index (Phi) is 4.92. The first-order valence-corrected chi connectivity index (χ1v) is 6.12. The van der Waals surface area contributed by atoms with Gasteiger partial charge in [-0.15, -0.1) is 0 Å². The molecule has 0 radical (unpaired) electrons. The number of hydrogen-bond acceptors (Lipinski definition) is 3. The monoisotopic (exact) mass is 264 g/mol. The summed E-state index contributed by atoms with van der Waals surface area (Å²) < 4.78 is 0. The summed E-state index contributed by atoms with van der Waals surface area (Å²) in [6, 6.07) is 6.69. The molecule has 0 aliphatic rings. The Bertz CT molecular complexity index is 470. The van der Waals surface area contributed by atoms with Crippen molar-refractivity contribution in [3.8, 4) is 5.75 Å². The van der Waals surface area contributed by atoms with E-state index in [0.29, 0.717) is 5.56 Å². The summed E-state index contributed by atoms with van der Waals surface area (Å²) in [6.07, 6.45) is 0.0937. The Balaban J connectivity index is 2.53. The van der Waals surface area contributed by atoms with Gasteiger partial charge in [-0.2, -0.15) is 0 Å². The van der Waals surface area contributed by atoms with Crippen LogP contribution in [0, 0.1) is 5.41 Å². The molecular weight excluding hydrogens is 244 g/mol. The summed E-state index contributed by atoms with van der Waals surface area (Å²) in [5.74, 6) is -0.253. The topological polar surface area (TPSA) is 78.4 Å². The fraction of sp³-hybridized carbons (Fsp3) is 0.429. The number of carbonyl (C=O) groups is 2. The lowest BCUT2D eigenvalue weighted by Gasteiger charge is -2.22. The quantitative estimate of drug-likeness (QED) is 0.737. The lowest BCUT2D eigenvalue weighted by Crippen LogP contribution is -2.44. The third-order valence-corrected chi connectivity index (χ3v) is 2.91. The lowest BCUT2D eigenvalue weighted by molar-refractivity contribution is -0.129. The number of carbonyl (C=O) groups excluding carboxylic acids is 2. The fourth-order valence-electron chi connectivity index (χ4n) is 1.63. The first-order valence-electron chi connectivity index (χ1n) is 6.12. The van der Waals surface area contributed by atoms with Gasteiger partial charge in [-0.25, -0.2) is 0 Å². The molecule has 0 saturated heterocycles. The highest BCUT2D eigenvalue weighted by molar-refractivity contribution is 5.84. The largest absolute Gasteiger partial charge is 0.508 e. The minimum Gasteiger partial charge on any atom is -0.508 e. The maximum absolute atomic E-state index is 11.8. The smallest absolute Gasteiger partial charge is 0.227 e. The molecule has 0 aliphatic heterocycles. The van der Waals surface area contributed by atoms with Gasteiger partial charge in [0.15, 0.2) is 0 Å². The van der Waals surface area contributed by atoms with Crippen LogP contribution in [0.25, 0.3) is 0 Å².